The van der Waals surface area contributed by atoms with Gasteiger partial charge < -0.3 is 10.1 Å². The number of hydrogen-bond acceptors (Lipinski definition) is 2. The Kier molecular flexibility index (Phi) is 6.88. The van der Waals surface area contributed by atoms with Crippen molar-refractivity contribution < 1.29 is 4.74 Å². The van der Waals surface area contributed by atoms with E-state index < -0.39 is 0 Å². The number of halogens is 1. The second-order valence-corrected chi connectivity index (χ2v) is 6.43. The van der Waals surface area contributed by atoms with E-state index >= 15 is 0 Å². The van der Waals surface area contributed by atoms with E-state index in [1.807, 2.05) is 6.92 Å². The van der Waals surface area contributed by atoms with Crippen LogP contribution in [0.1, 0.15) is 51.0 Å². The molecule has 2 rings (SSSR count). The molecule has 2 nitrogen and oxygen atoms in total. The first-order valence-electron chi connectivity index (χ1n) is 7.94. The fourth-order valence-corrected chi connectivity index (χ4v) is 2.93. The lowest BCUT2D eigenvalue weighted by Gasteiger charge is -2.08. The molecule has 0 amide bonds. The Morgan fingerprint density at radius 2 is 2.00 bits per heavy atom. The Labute approximate surface area is 131 Å². The highest BCUT2D eigenvalue weighted by molar-refractivity contribution is 9.10. The largest absolute Gasteiger partial charge is 0.494 e. The normalized spacial score (nSPS) is 14.5. The monoisotopic (exact) mass is 339 g/mol. The van der Waals surface area contributed by atoms with E-state index in [2.05, 4.69) is 39.4 Å². The van der Waals surface area contributed by atoms with Crippen LogP contribution in [0, 0.1) is 0 Å². The van der Waals surface area contributed by atoms with E-state index in [1.54, 1.807) is 0 Å². The van der Waals surface area contributed by atoms with Crippen molar-refractivity contribution in [3.8, 4) is 5.75 Å². The van der Waals surface area contributed by atoms with Crippen LogP contribution in [-0.4, -0.2) is 19.2 Å². The van der Waals surface area contributed by atoms with E-state index in [1.165, 1.54) is 55.1 Å². The molecule has 1 aliphatic rings. The molecule has 0 bridgehead atoms. The van der Waals surface area contributed by atoms with E-state index in [0.29, 0.717) is 0 Å². The minimum Gasteiger partial charge on any atom is -0.494 e. The van der Waals surface area contributed by atoms with Crippen molar-refractivity contribution in [3.05, 3.63) is 28.2 Å². The average molecular weight is 340 g/mol. The molecule has 0 saturated heterocycles. The minimum absolute atomic E-state index is 0.723. The van der Waals surface area contributed by atoms with Gasteiger partial charge in [0, 0.05) is 10.5 Å². The molecule has 0 heterocycles. The molecule has 0 unspecified atom stereocenters. The SMILES string of the molecule is CCOc1ccc(CCCCCCNC2CC2)c(Br)c1. The zero-order valence-electron chi connectivity index (χ0n) is 12.5. The molecule has 0 aromatic heterocycles. The van der Waals surface area contributed by atoms with Crippen LogP contribution in [0.15, 0.2) is 22.7 Å². The van der Waals surface area contributed by atoms with Crippen LogP contribution in [0.2, 0.25) is 0 Å². The van der Waals surface area contributed by atoms with Gasteiger partial charge in [0.1, 0.15) is 5.75 Å². The van der Waals surface area contributed by atoms with E-state index in [9.17, 15) is 0 Å². The van der Waals surface area contributed by atoms with Gasteiger partial charge in [-0.25, -0.2) is 0 Å². The third-order valence-corrected chi connectivity index (χ3v) is 4.46. The minimum atomic E-state index is 0.723. The number of hydrogen-bond donors (Lipinski definition) is 1. The number of nitrogens with one attached hydrogen (secondary N) is 1. The maximum Gasteiger partial charge on any atom is 0.120 e. The summed E-state index contributed by atoms with van der Waals surface area (Å²) in [5, 5.41) is 3.57. The number of benzene rings is 1. The van der Waals surface area contributed by atoms with Crippen molar-refractivity contribution in [2.24, 2.45) is 0 Å². The third kappa shape index (κ3) is 5.84. The Morgan fingerprint density at radius 1 is 1.20 bits per heavy atom. The summed E-state index contributed by atoms with van der Waals surface area (Å²) in [6, 6.07) is 7.19. The van der Waals surface area contributed by atoms with Gasteiger partial charge in [-0.1, -0.05) is 34.8 Å². The number of unbranched alkanes of at least 4 members (excludes halogenated alkanes) is 3. The zero-order chi connectivity index (χ0) is 14.2. The zero-order valence-corrected chi connectivity index (χ0v) is 14.0. The lowest BCUT2D eigenvalue weighted by atomic mass is 10.1. The molecule has 0 aliphatic heterocycles. The standard InChI is InChI=1S/C17H26BrNO/c1-2-20-16-11-8-14(17(18)13-16)7-5-3-4-6-12-19-15-9-10-15/h8,11,13,15,19H,2-7,9-10,12H2,1H3. The van der Waals surface area contributed by atoms with Crippen molar-refractivity contribution in [3.63, 3.8) is 0 Å². The van der Waals surface area contributed by atoms with Gasteiger partial charge in [0.05, 0.1) is 6.61 Å². The van der Waals surface area contributed by atoms with Gasteiger partial charge in [0.2, 0.25) is 0 Å². The Bertz CT molecular complexity index is 404. The second-order valence-electron chi connectivity index (χ2n) is 5.58. The van der Waals surface area contributed by atoms with Crippen LogP contribution < -0.4 is 10.1 Å². The molecule has 0 atom stereocenters. The Hall–Kier alpha value is -0.540. The highest BCUT2D eigenvalue weighted by Crippen LogP contribution is 2.24. The number of aryl methyl sites for hydroxylation is 1. The second kappa shape index (κ2) is 8.68. The summed E-state index contributed by atoms with van der Waals surface area (Å²) in [5.74, 6) is 0.953. The molecule has 1 N–H and O–H groups in total. The topological polar surface area (TPSA) is 21.3 Å². The first-order chi connectivity index (χ1) is 9.79. The molecule has 1 saturated carbocycles. The van der Waals surface area contributed by atoms with Gasteiger partial charge in [-0.3, -0.25) is 0 Å². The smallest absolute Gasteiger partial charge is 0.120 e. The predicted molar refractivity (Wildman–Crippen MR) is 88.5 cm³/mol. The predicted octanol–water partition coefficient (Wildman–Crippen LogP) is 4.70. The van der Waals surface area contributed by atoms with Crippen LogP contribution in [0.3, 0.4) is 0 Å². The first kappa shape index (κ1) is 15.8. The maximum absolute atomic E-state index is 5.50. The van der Waals surface area contributed by atoms with E-state index in [4.69, 9.17) is 4.74 Å². The highest BCUT2D eigenvalue weighted by atomic mass is 79.9. The molecular weight excluding hydrogens is 314 g/mol. The molecule has 1 fully saturated rings. The van der Waals surface area contributed by atoms with Gasteiger partial charge >= 0.3 is 0 Å². The van der Waals surface area contributed by atoms with E-state index in [-0.39, 0.29) is 0 Å². The lowest BCUT2D eigenvalue weighted by Crippen LogP contribution is -2.17. The summed E-state index contributed by atoms with van der Waals surface area (Å²) >= 11 is 3.64. The lowest BCUT2D eigenvalue weighted by molar-refractivity contribution is 0.340. The van der Waals surface area contributed by atoms with Crippen LogP contribution in [0.5, 0.6) is 5.75 Å². The van der Waals surface area contributed by atoms with Gasteiger partial charge in [-0.15, -0.1) is 0 Å². The van der Waals surface area contributed by atoms with Crippen LogP contribution in [0.25, 0.3) is 0 Å². The molecule has 0 radical (unpaired) electrons. The van der Waals surface area contributed by atoms with Crippen molar-refractivity contribution in [1.82, 2.24) is 5.32 Å². The van der Waals surface area contributed by atoms with Crippen LogP contribution in [-0.2, 0) is 6.42 Å². The quantitative estimate of drug-likeness (QED) is 0.623. The highest BCUT2D eigenvalue weighted by Gasteiger charge is 2.19. The van der Waals surface area contributed by atoms with Crippen LogP contribution in [0.4, 0.5) is 0 Å². The van der Waals surface area contributed by atoms with Gasteiger partial charge in [0.25, 0.3) is 0 Å². The molecule has 1 aromatic rings. The average Bonchev–Trinajstić information content (AvgIpc) is 3.24. The fourth-order valence-electron chi connectivity index (χ4n) is 2.37. The Morgan fingerprint density at radius 3 is 2.70 bits per heavy atom. The van der Waals surface area contributed by atoms with Crippen molar-refractivity contribution >= 4 is 15.9 Å². The Balaban J connectivity index is 1.58. The summed E-state index contributed by atoms with van der Waals surface area (Å²) in [6.07, 6.45) is 9.21. The number of ether oxygens (including phenoxy) is 1. The molecule has 1 aliphatic carbocycles. The molecule has 20 heavy (non-hydrogen) atoms. The van der Waals surface area contributed by atoms with Crippen molar-refractivity contribution in [2.75, 3.05) is 13.2 Å². The summed E-state index contributed by atoms with van der Waals surface area (Å²) in [4.78, 5) is 0. The third-order valence-electron chi connectivity index (χ3n) is 3.72. The van der Waals surface area contributed by atoms with Crippen LogP contribution >= 0.6 is 15.9 Å². The van der Waals surface area contributed by atoms with Gasteiger partial charge in [0.15, 0.2) is 0 Å². The summed E-state index contributed by atoms with van der Waals surface area (Å²) in [5.41, 5.74) is 1.39. The molecule has 3 heteroatoms. The molecular formula is C17H26BrNO. The number of rotatable bonds is 10. The first-order valence-corrected chi connectivity index (χ1v) is 8.73. The molecule has 112 valence electrons. The molecule has 1 aromatic carbocycles. The summed E-state index contributed by atoms with van der Waals surface area (Å²) in [6.45, 7) is 3.94. The van der Waals surface area contributed by atoms with Gasteiger partial charge in [-0.2, -0.15) is 0 Å². The van der Waals surface area contributed by atoms with Gasteiger partial charge in [-0.05, 0) is 63.3 Å². The summed E-state index contributed by atoms with van der Waals surface area (Å²) in [7, 11) is 0. The summed E-state index contributed by atoms with van der Waals surface area (Å²) < 4.78 is 6.68. The van der Waals surface area contributed by atoms with Crippen molar-refractivity contribution in [2.45, 2.75) is 57.9 Å². The van der Waals surface area contributed by atoms with E-state index in [0.717, 1.165) is 24.8 Å². The molecule has 0 spiro atoms. The van der Waals surface area contributed by atoms with Crippen molar-refractivity contribution in [1.29, 1.82) is 0 Å². The fraction of sp³-hybridized carbons (Fsp3) is 0.647. The maximum atomic E-state index is 5.50.